The van der Waals surface area contributed by atoms with Crippen LogP contribution in [0.15, 0.2) is 36.4 Å². The zero-order chi connectivity index (χ0) is 13.1. The van der Waals surface area contributed by atoms with Gasteiger partial charge in [0.2, 0.25) is 5.82 Å². The molecule has 94 valence electrons. The predicted octanol–water partition coefficient (Wildman–Crippen LogP) is 3.78. The Morgan fingerprint density at radius 3 is 2.56 bits per heavy atom. The maximum absolute atomic E-state index is 13.3. The third-order valence-corrected chi connectivity index (χ3v) is 2.80. The normalized spacial score (nSPS) is 10.4. The highest BCUT2D eigenvalue weighted by Crippen LogP contribution is 2.25. The molecule has 0 atom stereocenters. The van der Waals surface area contributed by atoms with E-state index in [9.17, 15) is 8.78 Å². The van der Waals surface area contributed by atoms with Crippen molar-refractivity contribution in [2.24, 2.45) is 0 Å². The molecule has 0 unspecified atom stereocenters. The van der Waals surface area contributed by atoms with E-state index in [0.717, 1.165) is 6.07 Å². The van der Waals surface area contributed by atoms with Crippen LogP contribution in [-0.4, -0.2) is 0 Å². The van der Waals surface area contributed by atoms with Crippen molar-refractivity contribution in [3.05, 3.63) is 58.6 Å². The lowest BCUT2D eigenvalue weighted by Gasteiger charge is -2.10. The van der Waals surface area contributed by atoms with Crippen molar-refractivity contribution < 1.29 is 13.5 Å². The van der Waals surface area contributed by atoms with Crippen LogP contribution in [0, 0.1) is 11.6 Å². The standard InChI is InChI=1S/C13H10ClF2NO/c14-9-3-1-5-11(17)8(9)7-18-12-6-2-4-10(15)13(12)16/h1-6H,7,17H2. The molecule has 2 aromatic rings. The van der Waals surface area contributed by atoms with E-state index in [2.05, 4.69) is 0 Å². The van der Waals surface area contributed by atoms with E-state index in [0.29, 0.717) is 16.3 Å². The predicted molar refractivity (Wildman–Crippen MR) is 66.6 cm³/mol. The number of hydrogen-bond donors (Lipinski definition) is 1. The second-order valence-electron chi connectivity index (χ2n) is 3.65. The van der Waals surface area contributed by atoms with Crippen molar-refractivity contribution >= 4 is 17.3 Å². The summed E-state index contributed by atoms with van der Waals surface area (Å²) in [5.74, 6) is -2.16. The fourth-order valence-electron chi connectivity index (χ4n) is 1.47. The van der Waals surface area contributed by atoms with Crippen molar-refractivity contribution in [1.29, 1.82) is 0 Å². The maximum Gasteiger partial charge on any atom is 0.200 e. The first-order valence-corrected chi connectivity index (χ1v) is 5.57. The monoisotopic (exact) mass is 269 g/mol. The van der Waals surface area contributed by atoms with Gasteiger partial charge in [-0.1, -0.05) is 23.7 Å². The van der Waals surface area contributed by atoms with Crippen molar-refractivity contribution in [3.63, 3.8) is 0 Å². The molecule has 0 aliphatic rings. The van der Waals surface area contributed by atoms with Gasteiger partial charge in [0.25, 0.3) is 0 Å². The highest BCUT2D eigenvalue weighted by atomic mass is 35.5. The van der Waals surface area contributed by atoms with E-state index >= 15 is 0 Å². The highest BCUT2D eigenvalue weighted by molar-refractivity contribution is 6.31. The van der Waals surface area contributed by atoms with Crippen LogP contribution in [0.3, 0.4) is 0 Å². The van der Waals surface area contributed by atoms with Gasteiger partial charge in [0.1, 0.15) is 6.61 Å². The lowest BCUT2D eigenvalue weighted by molar-refractivity contribution is 0.285. The molecule has 0 spiro atoms. The van der Waals surface area contributed by atoms with Crippen molar-refractivity contribution in [3.8, 4) is 5.75 Å². The van der Waals surface area contributed by atoms with Gasteiger partial charge in [0.15, 0.2) is 11.6 Å². The number of rotatable bonds is 3. The minimum absolute atomic E-state index is 0.0219. The zero-order valence-corrected chi connectivity index (χ0v) is 10.0. The molecule has 0 radical (unpaired) electrons. The van der Waals surface area contributed by atoms with Crippen LogP contribution in [0.25, 0.3) is 0 Å². The molecule has 18 heavy (non-hydrogen) atoms. The van der Waals surface area contributed by atoms with Crippen molar-refractivity contribution in [2.45, 2.75) is 6.61 Å². The zero-order valence-electron chi connectivity index (χ0n) is 9.29. The molecule has 2 aromatic carbocycles. The van der Waals surface area contributed by atoms with Gasteiger partial charge in [0, 0.05) is 16.3 Å². The molecular weight excluding hydrogens is 260 g/mol. The number of hydrogen-bond acceptors (Lipinski definition) is 2. The van der Waals surface area contributed by atoms with Crippen LogP contribution in [0.2, 0.25) is 5.02 Å². The molecule has 2 nitrogen and oxygen atoms in total. The van der Waals surface area contributed by atoms with Crippen LogP contribution >= 0.6 is 11.6 Å². The fourth-order valence-corrected chi connectivity index (χ4v) is 1.71. The Hall–Kier alpha value is -1.81. The van der Waals surface area contributed by atoms with Gasteiger partial charge in [-0.05, 0) is 24.3 Å². The number of ether oxygens (including phenoxy) is 1. The lowest BCUT2D eigenvalue weighted by Crippen LogP contribution is -2.02. The topological polar surface area (TPSA) is 35.2 Å². The Morgan fingerprint density at radius 1 is 1.11 bits per heavy atom. The summed E-state index contributed by atoms with van der Waals surface area (Å²) in [6, 6.07) is 8.73. The molecule has 5 heteroatoms. The lowest BCUT2D eigenvalue weighted by atomic mass is 10.2. The number of anilines is 1. The van der Waals surface area contributed by atoms with E-state index < -0.39 is 11.6 Å². The van der Waals surface area contributed by atoms with Gasteiger partial charge in [-0.2, -0.15) is 4.39 Å². The summed E-state index contributed by atoms with van der Waals surface area (Å²) < 4.78 is 31.5. The van der Waals surface area contributed by atoms with Crippen LogP contribution in [0.4, 0.5) is 14.5 Å². The summed E-state index contributed by atoms with van der Waals surface area (Å²) in [5.41, 5.74) is 6.71. The number of halogens is 3. The van der Waals surface area contributed by atoms with Crippen LogP contribution in [-0.2, 0) is 6.61 Å². The first-order chi connectivity index (χ1) is 8.59. The van der Waals surface area contributed by atoms with E-state index in [1.165, 1.54) is 12.1 Å². The molecule has 0 saturated heterocycles. The molecule has 2 rings (SSSR count). The molecule has 0 bridgehead atoms. The molecule has 0 fully saturated rings. The van der Waals surface area contributed by atoms with Crippen LogP contribution in [0.1, 0.15) is 5.56 Å². The molecule has 2 N–H and O–H groups in total. The van der Waals surface area contributed by atoms with Gasteiger partial charge in [0.05, 0.1) is 0 Å². The van der Waals surface area contributed by atoms with E-state index in [1.807, 2.05) is 0 Å². The largest absolute Gasteiger partial charge is 0.486 e. The highest BCUT2D eigenvalue weighted by Gasteiger charge is 2.10. The van der Waals surface area contributed by atoms with Crippen molar-refractivity contribution in [1.82, 2.24) is 0 Å². The number of nitrogens with two attached hydrogens (primary N) is 1. The summed E-state index contributed by atoms with van der Waals surface area (Å²) in [5, 5.41) is 0.423. The average Bonchev–Trinajstić information content (AvgIpc) is 2.33. The van der Waals surface area contributed by atoms with Gasteiger partial charge in [-0.3, -0.25) is 0 Å². The van der Waals surface area contributed by atoms with E-state index in [1.54, 1.807) is 18.2 Å². The van der Waals surface area contributed by atoms with Gasteiger partial charge < -0.3 is 10.5 Å². The summed E-state index contributed by atoms with van der Waals surface area (Å²) in [6.07, 6.45) is 0. The first-order valence-electron chi connectivity index (χ1n) is 5.19. The Bertz CT molecular complexity index is 555. The Kier molecular flexibility index (Phi) is 3.67. The maximum atomic E-state index is 13.3. The second kappa shape index (κ2) is 5.23. The smallest absolute Gasteiger partial charge is 0.200 e. The van der Waals surface area contributed by atoms with Crippen molar-refractivity contribution in [2.75, 3.05) is 5.73 Å². The van der Waals surface area contributed by atoms with Gasteiger partial charge in [-0.15, -0.1) is 0 Å². The summed E-state index contributed by atoms with van der Waals surface area (Å²) >= 11 is 5.94. The fraction of sp³-hybridized carbons (Fsp3) is 0.0769. The summed E-state index contributed by atoms with van der Waals surface area (Å²) in [6.45, 7) is -0.0219. The Balaban J connectivity index is 2.19. The molecule has 0 amide bonds. The van der Waals surface area contributed by atoms with Gasteiger partial charge in [-0.25, -0.2) is 4.39 Å². The summed E-state index contributed by atoms with van der Waals surface area (Å²) in [7, 11) is 0. The SMILES string of the molecule is Nc1cccc(Cl)c1COc1cccc(F)c1F. The van der Waals surface area contributed by atoms with E-state index in [-0.39, 0.29) is 12.4 Å². The summed E-state index contributed by atoms with van der Waals surface area (Å²) in [4.78, 5) is 0. The average molecular weight is 270 g/mol. The quantitative estimate of drug-likeness (QED) is 0.861. The third kappa shape index (κ3) is 2.54. The Morgan fingerprint density at radius 2 is 1.83 bits per heavy atom. The molecule has 0 heterocycles. The molecular formula is C13H10ClF2NO. The molecule has 0 aliphatic heterocycles. The van der Waals surface area contributed by atoms with Crippen LogP contribution in [0.5, 0.6) is 5.75 Å². The minimum Gasteiger partial charge on any atom is -0.486 e. The third-order valence-electron chi connectivity index (χ3n) is 2.44. The molecule has 0 saturated carbocycles. The minimum atomic E-state index is -1.02. The first kappa shape index (κ1) is 12.6. The molecule has 0 aliphatic carbocycles. The Labute approximate surface area is 108 Å². The van der Waals surface area contributed by atoms with E-state index in [4.69, 9.17) is 22.1 Å². The van der Waals surface area contributed by atoms with Crippen LogP contribution < -0.4 is 10.5 Å². The second-order valence-corrected chi connectivity index (χ2v) is 4.06. The number of benzene rings is 2. The van der Waals surface area contributed by atoms with Gasteiger partial charge >= 0.3 is 0 Å². The molecule has 0 aromatic heterocycles. The number of nitrogen functional groups attached to an aromatic ring is 1.